The van der Waals surface area contributed by atoms with Crippen LogP contribution in [0.1, 0.15) is 477 Å². The van der Waals surface area contributed by atoms with Gasteiger partial charge in [0.25, 0.3) is 17.0 Å². The number of pyridine rings is 2. The van der Waals surface area contributed by atoms with Crippen molar-refractivity contribution in [2.24, 2.45) is 5.92 Å². The number of anilines is 1. The number of hydrogen-bond acceptors (Lipinski definition) is 6. The van der Waals surface area contributed by atoms with E-state index in [1.165, 1.54) is 281 Å². The number of fused-ring (bicyclic) bond motifs is 5. The Kier molecular flexibility index (Phi) is 41.1. The van der Waals surface area contributed by atoms with Gasteiger partial charge in [0.05, 0.1) is 43.6 Å². The van der Waals surface area contributed by atoms with Gasteiger partial charge in [-0.3, -0.25) is 28.0 Å². The minimum atomic E-state index is -0.334. The van der Waals surface area contributed by atoms with E-state index in [-0.39, 0.29) is 40.7 Å². The number of amides is 1. The fourth-order valence-corrected chi connectivity index (χ4v) is 21.7. The molecule has 0 N–H and O–H groups in total. The highest BCUT2D eigenvalue weighted by atomic mass is 32.1. The summed E-state index contributed by atoms with van der Waals surface area (Å²) >= 11 is 3.45. The summed E-state index contributed by atoms with van der Waals surface area (Å²) < 4.78 is 3.99. The average Bonchev–Trinajstić information content (AvgIpc) is 1.56. The van der Waals surface area contributed by atoms with Crippen LogP contribution in [0.4, 0.5) is 5.69 Å². The molecule has 1 aliphatic heterocycles. The first-order valence-corrected chi connectivity index (χ1v) is 50.0. The van der Waals surface area contributed by atoms with Crippen molar-refractivity contribution < 1.29 is 9.59 Å². The molecule has 0 spiro atoms. The smallest absolute Gasteiger partial charge is 0.264 e. The number of benzene rings is 1. The van der Waals surface area contributed by atoms with Crippen LogP contribution in [-0.4, -0.2) is 26.5 Å². The second kappa shape index (κ2) is 50.6. The van der Waals surface area contributed by atoms with Crippen molar-refractivity contribution in [2.45, 2.75) is 459 Å². The molecule has 7 heterocycles. The molecule has 2 aliphatic rings. The maximum Gasteiger partial charge on any atom is 0.264 e. The molecular formula is C104H159N3O4S2. The van der Waals surface area contributed by atoms with Crippen molar-refractivity contribution in [3.05, 3.63) is 129 Å². The zero-order valence-corrected chi connectivity index (χ0v) is 75.4. The Morgan fingerprint density at radius 3 is 1.17 bits per heavy atom. The molecule has 1 amide bonds. The Morgan fingerprint density at radius 2 is 0.735 bits per heavy atom. The highest BCUT2D eigenvalue weighted by molar-refractivity contribution is 7.17. The quantitative estimate of drug-likeness (QED) is 0.0356. The normalized spacial score (nSPS) is 14.4. The van der Waals surface area contributed by atoms with E-state index in [9.17, 15) is 0 Å². The molecule has 9 heteroatoms. The Morgan fingerprint density at radius 1 is 0.354 bits per heavy atom. The Labute approximate surface area is 696 Å². The highest BCUT2D eigenvalue weighted by Gasteiger charge is 2.41. The maximum absolute atomic E-state index is 16.7. The summed E-state index contributed by atoms with van der Waals surface area (Å²) in [6, 6.07) is 22.3. The van der Waals surface area contributed by atoms with Gasteiger partial charge < -0.3 is 4.90 Å². The summed E-state index contributed by atoms with van der Waals surface area (Å²) in [5.74, 6) is 0.919. The lowest BCUT2D eigenvalue weighted by Crippen LogP contribution is -2.39. The summed E-state index contributed by atoms with van der Waals surface area (Å²) in [4.78, 5) is 71.6. The second-order valence-electron chi connectivity index (χ2n) is 36.2. The molecule has 7 nitrogen and oxygen atoms in total. The Hall–Kier alpha value is -5.12. The van der Waals surface area contributed by atoms with Crippen molar-refractivity contribution in [3.63, 3.8) is 0 Å². The van der Waals surface area contributed by atoms with Crippen molar-refractivity contribution in [1.29, 1.82) is 0 Å². The molecule has 3 unspecified atom stereocenters. The van der Waals surface area contributed by atoms with E-state index in [1.54, 1.807) is 22.7 Å². The van der Waals surface area contributed by atoms with E-state index in [4.69, 9.17) is 0 Å². The van der Waals surface area contributed by atoms with Gasteiger partial charge in [-0.25, -0.2) is 0 Å². The second-order valence-corrected chi connectivity index (χ2v) is 38.4. The van der Waals surface area contributed by atoms with Crippen molar-refractivity contribution in [3.8, 4) is 10.6 Å². The first-order chi connectivity index (χ1) is 55.3. The van der Waals surface area contributed by atoms with Crippen LogP contribution in [0.25, 0.3) is 43.5 Å². The molecule has 9 rings (SSSR count). The standard InChI is InChI=1S/C104H159N3O4S2/c1-11-17-23-29-35-38-40-42-48-52-58-64-81(63-57-51-43-32-26-20-14-4)105-92-77-85-84(76-87(92)98(102(105)109)96-73-71-93(112-96)79(9)10)86(75-80(61-55-49-46-37-31-25-19-13-3)62-56-50-47-41-39-36-30-24-18-12-2)101(108)97(85)95-74-72-94(113-95)91-70-69-90-83(66-60-54-45-34-28-22-16-6)99-100(104(111)107(90)91)82(65-59-53-44-33-27-21-15-5)89-68-67-88(78(7)8)106(89)103(99)110/h67-74,76-81,86H,11-66,75H2,1-10H3. The van der Waals surface area contributed by atoms with E-state index in [1.807, 2.05) is 8.80 Å². The highest BCUT2D eigenvalue weighted by Crippen LogP contribution is 2.44. The summed E-state index contributed by atoms with van der Waals surface area (Å²) in [6.45, 7) is 22.7. The predicted octanol–water partition coefficient (Wildman–Crippen LogP) is 30.6. The molecule has 1 aliphatic carbocycles. The molecule has 0 bridgehead atoms. The lowest BCUT2D eigenvalue weighted by Gasteiger charge is -2.30. The van der Waals surface area contributed by atoms with Gasteiger partial charge in [-0.05, 0) is 145 Å². The third-order valence-corrected chi connectivity index (χ3v) is 28.8. The largest absolute Gasteiger partial charge is 0.305 e. The average molecular weight is 1580 g/mol. The molecule has 0 saturated heterocycles. The maximum atomic E-state index is 16.7. The van der Waals surface area contributed by atoms with Gasteiger partial charge >= 0.3 is 0 Å². The van der Waals surface area contributed by atoms with Gasteiger partial charge in [-0.1, -0.05) is 390 Å². The fourth-order valence-electron chi connectivity index (χ4n) is 19.5. The minimum absolute atomic E-state index is 0.0489. The molecule has 113 heavy (non-hydrogen) atoms. The van der Waals surface area contributed by atoms with E-state index < -0.39 is 0 Å². The third-order valence-electron chi connectivity index (χ3n) is 26.3. The summed E-state index contributed by atoms with van der Waals surface area (Å²) in [5.41, 5.74) is 9.18. The number of aryl methyl sites for hydroxylation is 2. The first-order valence-electron chi connectivity index (χ1n) is 48.3. The van der Waals surface area contributed by atoms with Crippen LogP contribution in [0.5, 0.6) is 0 Å². The van der Waals surface area contributed by atoms with Gasteiger partial charge in [-0.2, -0.15) is 0 Å². The molecule has 626 valence electrons. The lowest BCUT2D eigenvalue weighted by molar-refractivity contribution is -0.115. The SMILES string of the molecule is CCCCCCCCCCCCCC(CCCCCCCCC)N1C(=O)C(c2ccc(C(C)C)s2)=c2cc3c(cc21)=C(c1ccc(-c2ccc4c(CCCCCCCCC)c5c(=O)n6c(C(C)C)ccc6c(CCCCCCCCC)c5c(=O)n24)s1)C(=O)C3CC(CCCCCCCCCC)CCCCCCCCCCCC. The topological polar surface area (TPSA) is 80.3 Å². The number of carbonyl (C=O) groups excluding carboxylic acids is 2. The van der Waals surface area contributed by atoms with Crippen LogP contribution < -0.4 is 26.5 Å². The van der Waals surface area contributed by atoms with Gasteiger partial charge in [-0.15, -0.1) is 22.7 Å². The molecule has 1 aromatic carbocycles. The van der Waals surface area contributed by atoms with Crippen LogP contribution >= 0.6 is 22.7 Å². The molecule has 3 atom stereocenters. The summed E-state index contributed by atoms with van der Waals surface area (Å²) in [6.07, 6.45) is 69.1. The number of carbonyl (C=O) groups is 2. The molecule has 0 saturated carbocycles. The minimum Gasteiger partial charge on any atom is -0.305 e. The molecular weight excluding hydrogens is 1420 g/mol. The summed E-state index contributed by atoms with van der Waals surface area (Å²) in [7, 11) is 0. The van der Waals surface area contributed by atoms with Gasteiger partial charge in [0, 0.05) is 43.1 Å². The number of nitrogens with zero attached hydrogens (tertiary/aromatic N) is 3. The fraction of sp³-hybridized carbons (Fsp3) is 0.692. The van der Waals surface area contributed by atoms with Crippen LogP contribution in [0.15, 0.2) is 70.3 Å². The monoisotopic (exact) mass is 1580 g/mol. The zero-order valence-electron chi connectivity index (χ0n) is 73.8. The van der Waals surface area contributed by atoms with Gasteiger partial charge in [0.15, 0.2) is 5.78 Å². The van der Waals surface area contributed by atoms with Crippen molar-refractivity contribution in [2.75, 3.05) is 4.90 Å². The molecule has 0 fully saturated rings. The van der Waals surface area contributed by atoms with Crippen molar-refractivity contribution in [1.82, 2.24) is 8.80 Å². The number of thiophene rings is 2. The van der Waals surface area contributed by atoms with Gasteiger partial charge in [0.2, 0.25) is 0 Å². The molecule has 7 aromatic rings. The van der Waals surface area contributed by atoms with Gasteiger partial charge in [0.1, 0.15) is 0 Å². The van der Waals surface area contributed by atoms with Crippen LogP contribution in [0.3, 0.4) is 0 Å². The van der Waals surface area contributed by atoms with Crippen LogP contribution in [0.2, 0.25) is 0 Å². The predicted molar refractivity (Wildman–Crippen MR) is 494 cm³/mol. The number of unbranched alkanes of at least 4 members (excludes halogenated alkanes) is 44. The number of aromatic nitrogens is 2. The Bertz CT molecular complexity index is 4190. The van der Waals surface area contributed by atoms with E-state index in [0.29, 0.717) is 22.6 Å². The van der Waals surface area contributed by atoms with Crippen LogP contribution in [-0.2, 0) is 22.4 Å². The molecule has 6 aromatic heterocycles. The number of rotatable bonds is 64. The number of Topliss-reactive ketones (excluding diaryl/α,β-unsaturated/α-hetero) is 1. The number of ketones is 1. The summed E-state index contributed by atoms with van der Waals surface area (Å²) in [5, 5.41) is 3.28. The first kappa shape index (κ1) is 91.8. The van der Waals surface area contributed by atoms with E-state index >= 15 is 19.2 Å². The Balaban J connectivity index is 1.18. The van der Waals surface area contributed by atoms with Crippen molar-refractivity contribution >= 4 is 73.0 Å². The third kappa shape index (κ3) is 25.9. The number of hydrogen-bond donors (Lipinski definition) is 0. The van der Waals surface area contributed by atoms with E-state index in [0.717, 1.165) is 171 Å². The zero-order chi connectivity index (χ0) is 80.1. The lowest BCUT2D eigenvalue weighted by atomic mass is 9.82. The van der Waals surface area contributed by atoms with E-state index in [2.05, 4.69) is 135 Å². The molecule has 0 radical (unpaired) electrons. The van der Waals surface area contributed by atoms with Crippen LogP contribution in [0, 0.1) is 5.92 Å².